The molecule has 32 heavy (non-hydrogen) atoms. The van der Waals surface area contributed by atoms with E-state index in [4.69, 9.17) is 32.7 Å². The van der Waals surface area contributed by atoms with Crippen molar-refractivity contribution in [1.29, 1.82) is 0 Å². The van der Waals surface area contributed by atoms with Gasteiger partial charge in [-0.05, 0) is 35.9 Å². The summed E-state index contributed by atoms with van der Waals surface area (Å²) in [6.07, 6.45) is -0.102. The lowest BCUT2D eigenvalue weighted by Gasteiger charge is -2.11. The van der Waals surface area contributed by atoms with E-state index in [0.717, 1.165) is 11.1 Å². The van der Waals surface area contributed by atoms with E-state index in [-0.39, 0.29) is 24.8 Å². The third-order valence-corrected chi connectivity index (χ3v) is 5.80. The highest BCUT2D eigenvalue weighted by Gasteiger charge is 2.37. The standard InChI is InChI=1S/C22H20Cl2N4O4/c1-31-11-17-20(12-3-6-14(32-2)7-4-12)21-26-22(30)18(28(21)27-17)10-19(29)25-13-5-8-15(23)16(24)9-13/h3-9,18H,10-11H2,1-2H3,(H,25,29)(H,26,30). The number of ether oxygens (including phenoxy) is 2. The molecule has 0 saturated heterocycles. The topological polar surface area (TPSA) is 94.5 Å². The second kappa shape index (κ2) is 9.20. The van der Waals surface area contributed by atoms with E-state index in [9.17, 15) is 9.59 Å². The van der Waals surface area contributed by atoms with Gasteiger partial charge >= 0.3 is 0 Å². The third kappa shape index (κ3) is 4.29. The quantitative estimate of drug-likeness (QED) is 0.524. The molecule has 0 saturated carbocycles. The Hall–Kier alpha value is -3.07. The van der Waals surface area contributed by atoms with Crippen molar-refractivity contribution in [2.45, 2.75) is 19.1 Å². The van der Waals surface area contributed by atoms with Crippen molar-refractivity contribution in [2.24, 2.45) is 0 Å². The monoisotopic (exact) mass is 474 g/mol. The van der Waals surface area contributed by atoms with Crippen LogP contribution in [0.25, 0.3) is 11.1 Å². The van der Waals surface area contributed by atoms with Gasteiger partial charge in [0.05, 0.1) is 35.9 Å². The van der Waals surface area contributed by atoms with Crippen LogP contribution < -0.4 is 15.4 Å². The predicted molar refractivity (Wildman–Crippen MR) is 122 cm³/mol. The van der Waals surface area contributed by atoms with Crippen molar-refractivity contribution in [1.82, 2.24) is 9.78 Å². The van der Waals surface area contributed by atoms with Gasteiger partial charge in [-0.2, -0.15) is 5.10 Å². The van der Waals surface area contributed by atoms with Crippen LogP contribution >= 0.6 is 23.2 Å². The minimum atomic E-state index is -0.796. The van der Waals surface area contributed by atoms with Gasteiger partial charge in [0.2, 0.25) is 5.91 Å². The Bertz CT molecular complexity index is 1180. The van der Waals surface area contributed by atoms with E-state index in [1.165, 1.54) is 0 Å². The molecule has 3 aromatic rings. The van der Waals surface area contributed by atoms with Crippen molar-refractivity contribution in [3.05, 3.63) is 58.2 Å². The molecule has 1 atom stereocenters. The lowest BCUT2D eigenvalue weighted by atomic mass is 10.1. The molecule has 1 unspecified atom stereocenters. The maximum atomic E-state index is 12.7. The molecular weight excluding hydrogens is 455 g/mol. The van der Waals surface area contributed by atoms with Crippen LogP contribution in [0.15, 0.2) is 42.5 Å². The number of hydrogen-bond acceptors (Lipinski definition) is 5. The van der Waals surface area contributed by atoms with E-state index >= 15 is 0 Å². The minimum absolute atomic E-state index is 0.102. The van der Waals surface area contributed by atoms with Gasteiger partial charge in [-0.15, -0.1) is 0 Å². The number of halogens is 2. The Labute approximate surface area is 194 Å². The lowest BCUT2D eigenvalue weighted by molar-refractivity contribution is -0.123. The van der Waals surface area contributed by atoms with Crippen molar-refractivity contribution in [3.8, 4) is 16.9 Å². The number of aromatic nitrogens is 2. The Morgan fingerprint density at radius 3 is 2.56 bits per heavy atom. The maximum absolute atomic E-state index is 12.7. The molecule has 10 heteroatoms. The molecule has 2 heterocycles. The van der Waals surface area contributed by atoms with Crippen LogP contribution in [-0.2, 0) is 20.9 Å². The fourth-order valence-electron chi connectivity index (χ4n) is 3.58. The van der Waals surface area contributed by atoms with Gasteiger partial charge in [-0.3, -0.25) is 9.59 Å². The van der Waals surface area contributed by atoms with Crippen LogP contribution in [0.4, 0.5) is 11.5 Å². The first-order valence-corrected chi connectivity index (χ1v) is 10.5. The molecule has 2 N–H and O–H groups in total. The van der Waals surface area contributed by atoms with Crippen LogP contribution in [0.3, 0.4) is 0 Å². The van der Waals surface area contributed by atoms with Crippen LogP contribution in [0.1, 0.15) is 18.2 Å². The summed E-state index contributed by atoms with van der Waals surface area (Å²) < 4.78 is 12.1. The first kappa shape index (κ1) is 22.1. The number of benzene rings is 2. The molecule has 1 aliphatic rings. The first-order valence-electron chi connectivity index (χ1n) is 9.71. The van der Waals surface area contributed by atoms with Gasteiger partial charge in [0, 0.05) is 18.4 Å². The van der Waals surface area contributed by atoms with Gasteiger partial charge in [0.25, 0.3) is 5.91 Å². The number of fused-ring (bicyclic) bond motifs is 1. The average molecular weight is 475 g/mol. The number of anilines is 2. The number of nitrogens with one attached hydrogen (secondary N) is 2. The molecule has 0 radical (unpaired) electrons. The van der Waals surface area contributed by atoms with Crippen molar-refractivity contribution in [2.75, 3.05) is 24.9 Å². The highest BCUT2D eigenvalue weighted by molar-refractivity contribution is 6.42. The molecule has 2 aromatic carbocycles. The molecule has 0 aliphatic carbocycles. The Morgan fingerprint density at radius 1 is 1.16 bits per heavy atom. The van der Waals surface area contributed by atoms with E-state index in [1.807, 2.05) is 24.3 Å². The smallest absolute Gasteiger partial charge is 0.251 e. The second-order valence-electron chi connectivity index (χ2n) is 7.16. The number of methoxy groups -OCH3 is 2. The number of carbonyl (C=O) groups is 2. The minimum Gasteiger partial charge on any atom is -0.497 e. The summed E-state index contributed by atoms with van der Waals surface area (Å²) in [5.41, 5.74) is 2.74. The summed E-state index contributed by atoms with van der Waals surface area (Å²) >= 11 is 11.9. The Kier molecular flexibility index (Phi) is 6.36. The highest BCUT2D eigenvalue weighted by Crippen LogP contribution is 2.39. The Balaban J connectivity index is 1.61. The van der Waals surface area contributed by atoms with E-state index in [0.29, 0.717) is 33.0 Å². The van der Waals surface area contributed by atoms with Gasteiger partial charge in [0.15, 0.2) is 0 Å². The summed E-state index contributed by atoms with van der Waals surface area (Å²) in [6, 6.07) is 11.4. The number of amides is 2. The average Bonchev–Trinajstić information content (AvgIpc) is 3.26. The summed E-state index contributed by atoms with van der Waals surface area (Å²) in [7, 11) is 3.17. The molecule has 166 valence electrons. The van der Waals surface area contributed by atoms with Crippen LogP contribution in [-0.4, -0.2) is 35.8 Å². The molecule has 1 aliphatic heterocycles. The van der Waals surface area contributed by atoms with Crippen molar-refractivity contribution < 1.29 is 19.1 Å². The third-order valence-electron chi connectivity index (χ3n) is 5.06. The van der Waals surface area contributed by atoms with Crippen molar-refractivity contribution >= 4 is 46.5 Å². The molecule has 4 rings (SSSR count). The number of rotatable bonds is 7. The van der Waals surface area contributed by atoms with E-state index < -0.39 is 6.04 Å². The highest BCUT2D eigenvalue weighted by atomic mass is 35.5. The zero-order valence-electron chi connectivity index (χ0n) is 17.3. The predicted octanol–water partition coefficient (Wildman–Crippen LogP) is 4.53. The molecule has 0 bridgehead atoms. The largest absolute Gasteiger partial charge is 0.497 e. The molecule has 1 aromatic heterocycles. The number of nitrogens with zero attached hydrogens (tertiary/aromatic N) is 2. The molecule has 0 fully saturated rings. The number of hydrogen-bond donors (Lipinski definition) is 2. The van der Waals surface area contributed by atoms with Gasteiger partial charge in [0.1, 0.15) is 17.6 Å². The molecular formula is C22H20Cl2N4O4. The summed E-state index contributed by atoms with van der Waals surface area (Å²) in [4.78, 5) is 25.3. The zero-order valence-corrected chi connectivity index (χ0v) is 18.8. The van der Waals surface area contributed by atoms with Gasteiger partial charge in [-0.1, -0.05) is 35.3 Å². The molecule has 0 spiro atoms. The van der Waals surface area contributed by atoms with Gasteiger partial charge in [-0.25, -0.2) is 4.68 Å². The first-order chi connectivity index (χ1) is 15.4. The normalized spacial score (nSPS) is 14.8. The van der Waals surface area contributed by atoms with Crippen LogP contribution in [0, 0.1) is 0 Å². The SMILES string of the molecule is COCc1nn2c(c1-c1ccc(OC)cc1)NC(=O)C2CC(=O)Nc1ccc(Cl)c(Cl)c1. The Morgan fingerprint density at radius 2 is 1.91 bits per heavy atom. The molecule has 2 amide bonds. The molecule has 8 nitrogen and oxygen atoms in total. The summed E-state index contributed by atoms with van der Waals surface area (Å²) in [5, 5.41) is 10.9. The second-order valence-corrected chi connectivity index (χ2v) is 7.98. The fraction of sp³-hybridized carbons (Fsp3) is 0.227. The van der Waals surface area contributed by atoms with Crippen LogP contribution in [0.5, 0.6) is 5.75 Å². The maximum Gasteiger partial charge on any atom is 0.251 e. The summed E-state index contributed by atoms with van der Waals surface area (Å²) in [5.74, 6) is 0.577. The van der Waals surface area contributed by atoms with Gasteiger partial charge < -0.3 is 20.1 Å². The number of carbonyl (C=O) groups excluding carboxylic acids is 2. The lowest BCUT2D eigenvalue weighted by Crippen LogP contribution is -2.24. The summed E-state index contributed by atoms with van der Waals surface area (Å²) in [6.45, 7) is 0.249. The van der Waals surface area contributed by atoms with E-state index in [1.54, 1.807) is 37.1 Å². The fourth-order valence-corrected chi connectivity index (χ4v) is 3.88. The van der Waals surface area contributed by atoms with Crippen molar-refractivity contribution in [3.63, 3.8) is 0 Å². The van der Waals surface area contributed by atoms with E-state index in [2.05, 4.69) is 15.7 Å². The van der Waals surface area contributed by atoms with Crippen LogP contribution in [0.2, 0.25) is 10.0 Å². The zero-order chi connectivity index (χ0) is 22.8.